The number of H-pyrrole nitrogens is 1. The van der Waals surface area contributed by atoms with Crippen LogP contribution in [-0.2, 0) is 18.6 Å². The Balaban J connectivity index is 1.37. The quantitative estimate of drug-likeness (QED) is 0.463. The van der Waals surface area contributed by atoms with Gasteiger partial charge in [0, 0.05) is 47.7 Å². The fourth-order valence-corrected chi connectivity index (χ4v) is 4.98. The molecule has 0 aliphatic carbocycles. The normalized spacial score (nSPS) is 18.2. The largest absolute Gasteiger partial charge is 0.383 e. The summed E-state index contributed by atoms with van der Waals surface area (Å²) in [4.78, 5) is 16.2. The third kappa shape index (κ3) is 2.61. The standard InChI is InChI=1S/C22H16FN5OS/c23-16-4-5-25-20-19(16)15(10-26-20)21-27-17(11-30-21)13-2-1-3-14(8-13)22(29)9-18-24-6-7-28(18)12-22/h1-8,10-11,29H,9,12H2,(H,25,26)/t22-/m0/s1. The number of imidazole rings is 1. The zero-order chi connectivity index (χ0) is 20.3. The van der Waals surface area contributed by atoms with Crippen molar-refractivity contribution >= 4 is 22.4 Å². The molecule has 1 atom stereocenters. The van der Waals surface area contributed by atoms with Crippen LogP contribution >= 0.6 is 11.3 Å². The van der Waals surface area contributed by atoms with Crippen molar-refractivity contribution in [1.29, 1.82) is 0 Å². The van der Waals surface area contributed by atoms with Gasteiger partial charge in [0.05, 0.1) is 17.6 Å². The second-order valence-corrected chi connectivity index (χ2v) is 8.38. The number of fused-ring (bicyclic) bond motifs is 2. The molecule has 6 rings (SSSR count). The second-order valence-electron chi connectivity index (χ2n) is 7.52. The zero-order valence-corrected chi connectivity index (χ0v) is 16.5. The number of rotatable bonds is 3. The Hall–Kier alpha value is -3.36. The molecule has 0 amide bonds. The number of hydrogen-bond acceptors (Lipinski definition) is 5. The molecular weight excluding hydrogens is 401 g/mol. The maximum Gasteiger partial charge on any atom is 0.140 e. The van der Waals surface area contributed by atoms with E-state index in [-0.39, 0.29) is 5.82 Å². The molecule has 1 aromatic carbocycles. The molecule has 5 aromatic rings. The van der Waals surface area contributed by atoms with Gasteiger partial charge < -0.3 is 14.7 Å². The molecule has 0 unspecified atom stereocenters. The van der Waals surface area contributed by atoms with Crippen LogP contribution in [-0.4, -0.2) is 29.6 Å². The SMILES string of the molecule is O[C@@]1(c2cccc(-c3csc(-c4c[nH]c5nccc(F)c45)n3)c2)Cc2nccn2C1. The predicted octanol–water partition coefficient (Wildman–Crippen LogP) is 4.13. The summed E-state index contributed by atoms with van der Waals surface area (Å²) >= 11 is 1.45. The summed E-state index contributed by atoms with van der Waals surface area (Å²) in [6, 6.07) is 9.16. The number of nitrogens with one attached hydrogen (secondary N) is 1. The highest BCUT2D eigenvalue weighted by molar-refractivity contribution is 7.13. The van der Waals surface area contributed by atoms with Gasteiger partial charge in [0.25, 0.3) is 0 Å². The molecule has 0 bridgehead atoms. The number of thiazole rings is 1. The highest BCUT2D eigenvalue weighted by Gasteiger charge is 2.37. The molecule has 0 saturated carbocycles. The summed E-state index contributed by atoms with van der Waals surface area (Å²) in [5.41, 5.74) is 2.75. The first-order valence-electron chi connectivity index (χ1n) is 9.51. The topological polar surface area (TPSA) is 79.6 Å². The lowest BCUT2D eigenvalue weighted by atomic mass is 9.91. The number of aromatic amines is 1. The summed E-state index contributed by atoms with van der Waals surface area (Å²) in [6.07, 6.45) is 7.30. The van der Waals surface area contributed by atoms with Crippen LogP contribution in [0.1, 0.15) is 11.4 Å². The molecule has 30 heavy (non-hydrogen) atoms. The number of aliphatic hydroxyl groups is 1. The molecule has 0 radical (unpaired) electrons. The highest BCUT2D eigenvalue weighted by atomic mass is 32.1. The van der Waals surface area contributed by atoms with Crippen molar-refractivity contribution in [2.45, 2.75) is 18.6 Å². The number of nitrogens with zero attached hydrogens (tertiary/aromatic N) is 4. The number of pyridine rings is 1. The van der Waals surface area contributed by atoms with Gasteiger partial charge in [-0.2, -0.15) is 0 Å². The Morgan fingerprint density at radius 3 is 3.03 bits per heavy atom. The Kier molecular flexibility index (Phi) is 3.68. The fourth-order valence-electron chi connectivity index (χ4n) is 4.13. The molecule has 0 fully saturated rings. The van der Waals surface area contributed by atoms with Crippen LogP contribution < -0.4 is 0 Å². The molecule has 148 valence electrons. The molecule has 4 aromatic heterocycles. The van der Waals surface area contributed by atoms with Crippen molar-refractivity contribution in [3.05, 3.63) is 77.7 Å². The number of hydrogen-bond donors (Lipinski definition) is 2. The van der Waals surface area contributed by atoms with E-state index in [4.69, 9.17) is 4.98 Å². The van der Waals surface area contributed by atoms with Gasteiger partial charge in [-0.3, -0.25) is 0 Å². The Bertz CT molecular complexity index is 1380. The maximum atomic E-state index is 14.3. The molecule has 6 nitrogen and oxygen atoms in total. The van der Waals surface area contributed by atoms with Gasteiger partial charge in [-0.05, 0) is 17.7 Å². The summed E-state index contributed by atoms with van der Waals surface area (Å²) in [5, 5.41) is 14.3. The van der Waals surface area contributed by atoms with Crippen molar-refractivity contribution in [2.75, 3.05) is 0 Å². The minimum Gasteiger partial charge on any atom is -0.383 e. The average Bonchev–Trinajstić information content (AvgIpc) is 3.51. The van der Waals surface area contributed by atoms with E-state index < -0.39 is 5.60 Å². The van der Waals surface area contributed by atoms with Crippen LogP contribution in [0.3, 0.4) is 0 Å². The molecular formula is C22H16FN5OS. The van der Waals surface area contributed by atoms with Gasteiger partial charge >= 0.3 is 0 Å². The molecule has 2 N–H and O–H groups in total. The summed E-state index contributed by atoms with van der Waals surface area (Å²) in [6.45, 7) is 0.482. The van der Waals surface area contributed by atoms with Gasteiger partial charge in [-0.1, -0.05) is 18.2 Å². The monoisotopic (exact) mass is 417 g/mol. The van der Waals surface area contributed by atoms with Crippen molar-refractivity contribution in [3.8, 4) is 21.8 Å². The summed E-state index contributed by atoms with van der Waals surface area (Å²) < 4.78 is 16.3. The first-order chi connectivity index (χ1) is 14.6. The smallest absolute Gasteiger partial charge is 0.140 e. The lowest BCUT2D eigenvalue weighted by Crippen LogP contribution is -2.27. The van der Waals surface area contributed by atoms with E-state index in [2.05, 4.69) is 15.0 Å². The summed E-state index contributed by atoms with van der Waals surface area (Å²) in [7, 11) is 0. The molecule has 5 heterocycles. The Labute approximate surface area is 174 Å². The van der Waals surface area contributed by atoms with Gasteiger partial charge in [0.15, 0.2) is 0 Å². The van der Waals surface area contributed by atoms with E-state index in [1.807, 2.05) is 40.4 Å². The minimum absolute atomic E-state index is 0.323. The Morgan fingerprint density at radius 2 is 2.13 bits per heavy atom. The molecule has 0 saturated heterocycles. The van der Waals surface area contributed by atoms with E-state index in [0.717, 1.165) is 22.6 Å². The van der Waals surface area contributed by atoms with Gasteiger partial charge in [0.2, 0.25) is 0 Å². The van der Waals surface area contributed by atoms with Crippen LogP contribution in [0.2, 0.25) is 0 Å². The van der Waals surface area contributed by atoms with Crippen molar-refractivity contribution in [1.82, 2.24) is 24.5 Å². The third-order valence-electron chi connectivity index (χ3n) is 5.64. The highest BCUT2D eigenvalue weighted by Crippen LogP contribution is 2.37. The van der Waals surface area contributed by atoms with Crippen molar-refractivity contribution in [2.24, 2.45) is 0 Å². The zero-order valence-electron chi connectivity index (χ0n) is 15.7. The summed E-state index contributed by atoms with van der Waals surface area (Å²) in [5.74, 6) is 0.560. The van der Waals surface area contributed by atoms with Crippen LogP contribution in [0.5, 0.6) is 0 Å². The first-order valence-corrected chi connectivity index (χ1v) is 10.4. The van der Waals surface area contributed by atoms with Gasteiger partial charge in [-0.15, -0.1) is 11.3 Å². The number of halogens is 1. The first kappa shape index (κ1) is 17.5. The van der Waals surface area contributed by atoms with E-state index in [9.17, 15) is 9.50 Å². The van der Waals surface area contributed by atoms with Gasteiger partial charge in [-0.25, -0.2) is 19.3 Å². The number of aromatic nitrogens is 5. The maximum absolute atomic E-state index is 14.3. The van der Waals surface area contributed by atoms with Gasteiger partial charge in [0.1, 0.15) is 27.9 Å². The van der Waals surface area contributed by atoms with E-state index in [0.29, 0.717) is 34.6 Å². The molecule has 1 aliphatic heterocycles. The number of benzene rings is 1. The molecule has 8 heteroatoms. The van der Waals surface area contributed by atoms with E-state index >= 15 is 0 Å². The van der Waals surface area contributed by atoms with E-state index in [1.165, 1.54) is 23.6 Å². The van der Waals surface area contributed by atoms with Crippen LogP contribution in [0, 0.1) is 5.82 Å². The van der Waals surface area contributed by atoms with Crippen LogP contribution in [0.25, 0.3) is 32.9 Å². The fraction of sp³-hybridized carbons (Fsp3) is 0.136. The third-order valence-corrected chi connectivity index (χ3v) is 6.51. The van der Waals surface area contributed by atoms with Crippen LogP contribution in [0.15, 0.2) is 60.5 Å². The van der Waals surface area contributed by atoms with Crippen LogP contribution in [0.4, 0.5) is 4.39 Å². The predicted molar refractivity (Wildman–Crippen MR) is 112 cm³/mol. The minimum atomic E-state index is -0.982. The Morgan fingerprint density at radius 1 is 1.20 bits per heavy atom. The molecule has 0 spiro atoms. The molecule has 1 aliphatic rings. The van der Waals surface area contributed by atoms with E-state index in [1.54, 1.807) is 12.4 Å². The lowest BCUT2D eigenvalue weighted by Gasteiger charge is -2.22. The van der Waals surface area contributed by atoms with Crippen molar-refractivity contribution in [3.63, 3.8) is 0 Å². The lowest BCUT2D eigenvalue weighted by molar-refractivity contribution is 0.0376. The second kappa shape index (κ2) is 6.32. The average molecular weight is 417 g/mol. The van der Waals surface area contributed by atoms with Crippen molar-refractivity contribution < 1.29 is 9.50 Å².